The van der Waals surface area contributed by atoms with Gasteiger partial charge in [-0.1, -0.05) is 37.8 Å². The number of allylic oxidation sites excluding steroid dienone is 5. The molecule has 3 N–H and O–H groups in total. The molecule has 0 spiro atoms. The number of rotatable bonds is 8. The second-order valence-corrected chi connectivity index (χ2v) is 10.4. The van der Waals surface area contributed by atoms with E-state index in [1.54, 1.807) is 11.3 Å². The summed E-state index contributed by atoms with van der Waals surface area (Å²) in [5.41, 5.74) is 9.16. The summed E-state index contributed by atoms with van der Waals surface area (Å²) in [6.07, 6.45) is 11.7. The van der Waals surface area contributed by atoms with Crippen LogP contribution in [0.2, 0.25) is 0 Å². The van der Waals surface area contributed by atoms with Gasteiger partial charge in [-0.2, -0.15) is 5.10 Å². The van der Waals surface area contributed by atoms with E-state index < -0.39 is 0 Å². The van der Waals surface area contributed by atoms with Gasteiger partial charge in [-0.3, -0.25) is 10.1 Å². The minimum atomic E-state index is 0.564. The molecular formula is C31H29N5S. The van der Waals surface area contributed by atoms with Crippen LogP contribution in [0.15, 0.2) is 96.8 Å². The van der Waals surface area contributed by atoms with Crippen molar-refractivity contribution < 1.29 is 0 Å². The molecule has 1 saturated carbocycles. The third-order valence-electron chi connectivity index (χ3n) is 7.20. The van der Waals surface area contributed by atoms with Gasteiger partial charge in [-0.15, -0.1) is 11.3 Å². The third-order valence-corrected chi connectivity index (χ3v) is 8.08. The number of hydrogen-bond donors (Lipinski definition) is 3. The lowest BCUT2D eigenvalue weighted by Gasteiger charge is -2.28. The first-order valence-corrected chi connectivity index (χ1v) is 13.5. The predicted octanol–water partition coefficient (Wildman–Crippen LogP) is 8.21. The fourth-order valence-electron chi connectivity index (χ4n) is 4.88. The minimum absolute atomic E-state index is 0.564. The van der Waals surface area contributed by atoms with Crippen LogP contribution in [0.5, 0.6) is 0 Å². The Balaban J connectivity index is 1.37. The summed E-state index contributed by atoms with van der Waals surface area (Å²) in [7, 11) is 0. The van der Waals surface area contributed by atoms with Crippen molar-refractivity contribution in [2.75, 3.05) is 0 Å². The fraction of sp³-hybridized carbons (Fsp3) is 0.161. The highest BCUT2D eigenvalue weighted by atomic mass is 32.1. The maximum absolute atomic E-state index is 4.68. The van der Waals surface area contributed by atoms with E-state index in [0.29, 0.717) is 5.92 Å². The van der Waals surface area contributed by atoms with Crippen molar-refractivity contribution >= 4 is 38.7 Å². The Hall–Kier alpha value is -4.16. The van der Waals surface area contributed by atoms with E-state index in [0.717, 1.165) is 66.3 Å². The number of nitrogens with zero attached hydrogens (tertiary/aromatic N) is 2. The molecule has 0 bridgehead atoms. The first-order chi connectivity index (χ1) is 18.1. The lowest BCUT2D eigenvalue weighted by Crippen LogP contribution is -2.23. The van der Waals surface area contributed by atoms with Crippen molar-refractivity contribution in [3.63, 3.8) is 0 Å². The maximum Gasteiger partial charge on any atom is 0.116 e. The first-order valence-electron chi connectivity index (χ1n) is 12.6. The van der Waals surface area contributed by atoms with Crippen molar-refractivity contribution in [3.05, 3.63) is 102 Å². The van der Waals surface area contributed by atoms with E-state index in [1.807, 2.05) is 18.3 Å². The standard InChI is InChI=1S/C31H29N5S/c1-4-20(16-23(5-2)33-19(3)21-8-6-9-21)22-11-12-27-24(17-22)30(36-35-27)28-18-25-26(34-28)13-14-32-31(25)29-10-7-15-37-29/h4-5,7,10-18,21,33-34H,2-3,6,8-9H2,1H3,(H,35,36)/b20-4+,23-16+. The second kappa shape index (κ2) is 9.71. The van der Waals surface area contributed by atoms with Crippen molar-refractivity contribution in [1.29, 1.82) is 0 Å². The van der Waals surface area contributed by atoms with Crippen LogP contribution in [-0.2, 0) is 0 Å². The van der Waals surface area contributed by atoms with Crippen LogP contribution in [0, 0.1) is 5.92 Å². The molecule has 4 aromatic heterocycles. The number of thiophene rings is 1. The summed E-state index contributed by atoms with van der Waals surface area (Å²) in [5, 5.41) is 15.6. The van der Waals surface area contributed by atoms with E-state index in [4.69, 9.17) is 0 Å². The monoisotopic (exact) mass is 503 g/mol. The molecular weight excluding hydrogens is 474 g/mol. The van der Waals surface area contributed by atoms with Crippen molar-refractivity contribution in [3.8, 4) is 22.0 Å². The van der Waals surface area contributed by atoms with E-state index in [9.17, 15) is 0 Å². The van der Waals surface area contributed by atoms with Crippen LogP contribution < -0.4 is 5.32 Å². The molecule has 0 saturated heterocycles. The highest BCUT2D eigenvalue weighted by molar-refractivity contribution is 7.13. The van der Waals surface area contributed by atoms with Gasteiger partial charge in [0.1, 0.15) is 5.69 Å². The smallest absolute Gasteiger partial charge is 0.116 e. The van der Waals surface area contributed by atoms with Crippen LogP contribution in [0.25, 0.3) is 49.3 Å². The molecule has 1 aromatic carbocycles. The van der Waals surface area contributed by atoms with Gasteiger partial charge in [0, 0.05) is 33.9 Å². The number of fused-ring (bicyclic) bond motifs is 2. The number of pyridine rings is 1. The van der Waals surface area contributed by atoms with Gasteiger partial charge in [0.2, 0.25) is 0 Å². The van der Waals surface area contributed by atoms with Gasteiger partial charge in [-0.05, 0) is 84.7 Å². The van der Waals surface area contributed by atoms with Crippen LogP contribution in [0.3, 0.4) is 0 Å². The second-order valence-electron chi connectivity index (χ2n) is 9.44. The van der Waals surface area contributed by atoms with Crippen LogP contribution in [0.4, 0.5) is 0 Å². The molecule has 0 amide bonds. The molecule has 1 fully saturated rings. The van der Waals surface area contributed by atoms with E-state index in [-0.39, 0.29) is 0 Å². The van der Waals surface area contributed by atoms with Crippen molar-refractivity contribution in [1.82, 2.24) is 25.5 Å². The fourth-order valence-corrected chi connectivity index (χ4v) is 5.62. The molecule has 184 valence electrons. The highest BCUT2D eigenvalue weighted by Gasteiger charge is 2.20. The summed E-state index contributed by atoms with van der Waals surface area (Å²) >= 11 is 1.70. The Morgan fingerprint density at radius 1 is 1.11 bits per heavy atom. The average molecular weight is 504 g/mol. The van der Waals surface area contributed by atoms with Crippen LogP contribution in [-0.4, -0.2) is 20.2 Å². The molecule has 1 aliphatic rings. The Morgan fingerprint density at radius 3 is 2.70 bits per heavy atom. The summed E-state index contributed by atoms with van der Waals surface area (Å²) in [5.74, 6) is 0.564. The normalized spacial score (nSPS) is 14.7. The zero-order valence-corrected chi connectivity index (χ0v) is 21.7. The minimum Gasteiger partial charge on any atom is -0.359 e. The predicted molar refractivity (Wildman–Crippen MR) is 156 cm³/mol. The van der Waals surface area contributed by atoms with Crippen molar-refractivity contribution in [2.45, 2.75) is 26.2 Å². The summed E-state index contributed by atoms with van der Waals surface area (Å²) in [6.45, 7) is 10.3. The van der Waals surface area contributed by atoms with Crippen molar-refractivity contribution in [2.24, 2.45) is 5.92 Å². The average Bonchev–Trinajstić information content (AvgIpc) is 3.64. The van der Waals surface area contributed by atoms with Gasteiger partial charge >= 0.3 is 0 Å². The molecule has 0 unspecified atom stereocenters. The van der Waals surface area contributed by atoms with Gasteiger partial charge in [0.15, 0.2) is 0 Å². The molecule has 5 aromatic rings. The molecule has 1 aliphatic carbocycles. The Labute approximate surface area is 220 Å². The Bertz CT molecular complexity index is 1680. The molecule has 0 radical (unpaired) electrons. The van der Waals surface area contributed by atoms with E-state index in [2.05, 4.69) is 99.5 Å². The summed E-state index contributed by atoms with van der Waals surface area (Å²) < 4.78 is 0. The highest BCUT2D eigenvalue weighted by Crippen LogP contribution is 2.35. The van der Waals surface area contributed by atoms with Gasteiger partial charge in [0.05, 0.1) is 21.8 Å². The number of nitrogens with one attached hydrogen (secondary N) is 3. The Morgan fingerprint density at radius 2 is 1.97 bits per heavy atom. The number of H-pyrrole nitrogens is 2. The van der Waals surface area contributed by atoms with E-state index >= 15 is 0 Å². The van der Waals surface area contributed by atoms with Gasteiger partial charge in [0.25, 0.3) is 0 Å². The van der Waals surface area contributed by atoms with Crippen LogP contribution in [0.1, 0.15) is 31.7 Å². The molecule has 6 heteroatoms. The molecule has 0 atom stereocenters. The quantitative estimate of drug-likeness (QED) is 0.187. The molecule has 37 heavy (non-hydrogen) atoms. The third kappa shape index (κ3) is 4.34. The van der Waals surface area contributed by atoms with Gasteiger partial charge < -0.3 is 10.3 Å². The van der Waals surface area contributed by atoms with Crippen LogP contribution >= 0.6 is 11.3 Å². The Kier molecular flexibility index (Phi) is 6.10. The number of aromatic amines is 2. The summed E-state index contributed by atoms with van der Waals surface area (Å²) in [4.78, 5) is 9.38. The zero-order valence-electron chi connectivity index (χ0n) is 20.8. The molecule has 6 rings (SSSR count). The first kappa shape index (κ1) is 23.3. The topological polar surface area (TPSA) is 69.4 Å². The number of hydrogen-bond acceptors (Lipinski definition) is 4. The largest absolute Gasteiger partial charge is 0.359 e. The number of benzene rings is 1. The SMILES string of the molecule is C=C/C(=C\C(=C/C)c1ccc2[nH]nc(-c3cc4c(-c5cccs5)nccc4[nH]3)c2c1)NC(=C)C1CCC1. The zero-order chi connectivity index (χ0) is 25.4. The van der Waals surface area contributed by atoms with Gasteiger partial charge in [-0.25, -0.2) is 0 Å². The summed E-state index contributed by atoms with van der Waals surface area (Å²) in [6, 6.07) is 14.7. The lowest BCUT2D eigenvalue weighted by atomic mass is 9.83. The number of aromatic nitrogens is 4. The molecule has 5 nitrogen and oxygen atoms in total. The molecule has 4 heterocycles. The van der Waals surface area contributed by atoms with E-state index in [1.165, 1.54) is 19.3 Å². The molecule has 0 aliphatic heterocycles. The maximum atomic E-state index is 4.68. The lowest BCUT2D eigenvalue weighted by molar-refractivity contribution is 0.356.